The van der Waals surface area contributed by atoms with Gasteiger partial charge in [-0.25, -0.2) is 0 Å². The van der Waals surface area contributed by atoms with E-state index in [0.29, 0.717) is 12.1 Å². The molecule has 0 unspecified atom stereocenters. The van der Waals surface area contributed by atoms with Gasteiger partial charge in [-0.2, -0.15) is 5.10 Å². The van der Waals surface area contributed by atoms with E-state index < -0.39 is 0 Å². The molecule has 24 heavy (non-hydrogen) atoms. The van der Waals surface area contributed by atoms with Crippen molar-refractivity contribution in [3.05, 3.63) is 47.3 Å². The van der Waals surface area contributed by atoms with Crippen LogP contribution >= 0.6 is 0 Å². The van der Waals surface area contributed by atoms with E-state index in [1.807, 2.05) is 6.20 Å². The Labute approximate surface area is 143 Å². The topological polar surface area (TPSA) is 48.3 Å². The standard InChI is InChI=1S/C19H25N3O2/c1-13(2)22-17(5-8-21-22)19-16(7-10-24-19)20-12-14-3-4-18-15(11-14)6-9-23-18/h3-5,8,11,13,16,19-20H,6-7,9-10,12H2,1-2H3/t16-,19-/m0/s1. The Morgan fingerprint density at radius 1 is 1.29 bits per heavy atom. The van der Waals surface area contributed by atoms with Crippen LogP contribution in [0.3, 0.4) is 0 Å². The Hall–Kier alpha value is -1.85. The van der Waals surface area contributed by atoms with Crippen LogP contribution in [0.15, 0.2) is 30.5 Å². The average molecular weight is 327 g/mol. The van der Waals surface area contributed by atoms with Gasteiger partial charge >= 0.3 is 0 Å². The summed E-state index contributed by atoms with van der Waals surface area (Å²) in [6, 6.07) is 9.26. The molecule has 2 aliphatic rings. The first-order chi connectivity index (χ1) is 11.7. The van der Waals surface area contributed by atoms with Gasteiger partial charge < -0.3 is 14.8 Å². The SMILES string of the molecule is CC(C)n1nccc1[C@H]1OCC[C@@H]1NCc1ccc2c(c1)CCO2. The van der Waals surface area contributed by atoms with Crippen molar-refractivity contribution in [2.45, 2.75) is 51.4 Å². The molecule has 1 saturated heterocycles. The van der Waals surface area contributed by atoms with Crippen LogP contribution in [0.4, 0.5) is 0 Å². The Bertz CT molecular complexity index is 710. The fraction of sp³-hybridized carbons (Fsp3) is 0.526. The maximum atomic E-state index is 6.02. The zero-order valence-corrected chi connectivity index (χ0v) is 14.4. The van der Waals surface area contributed by atoms with Crippen LogP contribution in [-0.4, -0.2) is 29.0 Å². The molecular weight excluding hydrogens is 302 g/mol. The minimum atomic E-state index is 0.0765. The minimum Gasteiger partial charge on any atom is -0.493 e. The molecule has 0 radical (unpaired) electrons. The number of nitrogens with one attached hydrogen (secondary N) is 1. The first-order valence-electron chi connectivity index (χ1n) is 8.85. The minimum absolute atomic E-state index is 0.0765. The molecule has 0 aliphatic carbocycles. The summed E-state index contributed by atoms with van der Waals surface area (Å²) in [5.74, 6) is 1.04. The van der Waals surface area contributed by atoms with Crippen molar-refractivity contribution < 1.29 is 9.47 Å². The van der Waals surface area contributed by atoms with Crippen LogP contribution in [-0.2, 0) is 17.7 Å². The molecule has 5 nitrogen and oxygen atoms in total. The first-order valence-corrected chi connectivity index (χ1v) is 8.85. The Morgan fingerprint density at radius 3 is 3.08 bits per heavy atom. The Morgan fingerprint density at radius 2 is 2.21 bits per heavy atom. The number of ether oxygens (including phenoxy) is 2. The third-order valence-electron chi connectivity index (χ3n) is 4.90. The van der Waals surface area contributed by atoms with Gasteiger partial charge in [0.1, 0.15) is 11.9 Å². The van der Waals surface area contributed by atoms with Gasteiger partial charge in [-0.3, -0.25) is 4.68 Å². The van der Waals surface area contributed by atoms with Gasteiger partial charge in [0.15, 0.2) is 0 Å². The molecule has 2 aliphatic heterocycles. The zero-order valence-electron chi connectivity index (χ0n) is 14.4. The molecule has 2 atom stereocenters. The summed E-state index contributed by atoms with van der Waals surface area (Å²) in [6.07, 6.45) is 4.00. The molecule has 0 bridgehead atoms. The number of nitrogens with zero attached hydrogens (tertiary/aromatic N) is 2. The van der Waals surface area contributed by atoms with Crippen LogP contribution in [0.1, 0.15) is 49.2 Å². The van der Waals surface area contributed by atoms with E-state index in [2.05, 4.69) is 53.2 Å². The molecule has 1 fully saturated rings. The predicted molar refractivity (Wildman–Crippen MR) is 92.2 cm³/mol. The number of fused-ring (bicyclic) bond motifs is 1. The van der Waals surface area contributed by atoms with E-state index in [-0.39, 0.29) is 6.10 Å². The molecule has 5 heteroatoms. The second kappa shape index (κ2) is 6.57. The van der Waals surface area contributed by atoms with Gasteiger partial charge in [0.25, 0.3) is 0 Å². The molecule has 3 heterocycles. The highest BCUT2D eigenvalue weighted by Crippen LogP contribution is 2.31. The predicted octanol–water partition coefficient (Wildman–Crippen LogP) is 3.02. The average Bonchev–Trinajstić information content (AvgIpc) is 3.30. The van der Waals surface area contributed by atoms with Crippen molar-refractivity contribution in [1.82, 2.24) is 15.1 Å². The summed E-state index contributed by atoms with van der Waals surface area (Å²) in [5, 5.41) is 8.13. The third-order valence-corrected chi connectivity index (χ3v) is 4.90. The molecular formula is C19H25N3O2. The van der Waals surface area contributed by atoms with Crippen molar-refractivity contribution in [1.29, 1.82) is 0 Å². The lowest BCUT2D eigenvalue weighted by Gasteiger charge is -2.22. The fourth-order valence-electron chi connectivity index (χ4n) is 3.67. The summed E-state index contributed by atoms with van der Waals surface area (Å²) in [4.78, 5) is 0. The van der Waals surface area contributed by atoms with Crippen molar-refractivity contribution in [2.24, 2.45) is 0 Å². The molecule has 1 aromatic heterocycles. The maximum Gasteiger partial charge on any atom is 0.122 e. The van der Waals surface area contributed by atoms with Gasteiger partial charge in [0.05, 0.1) is 12.3 Å². The summed E-state index contributed by atoms with van der Waals surface area (Å²) in [7, 11) is 0. The van der Waals surface area contributed by atoms with E-state index >= 15 is 0 Å². The molecule has 0 saturated carbocycles. The highest BCUT2D eigenvalue weighted by atomic mass is 16.5. The molecule has 2 aromatic rings. The lowest BCUT2D eigenvalue weighted by atomic mass is 10.1. The molecule has 0 amide bonds. The third kappa shape index (κ3) is 2.94. The van der Waals surface area contributed by atoms with E-state index in [9.17, 15) is 0 Å². The quantitative estimate of drug-likeness (QED) is 0.917. The number of benzene rings is 1. The lowest BCUT2D eigenvalue weighted by Crippen LogP contribution is -2.32. The monoisotopic (exact) mass is 327 g/mol. The van der Waals surface area contributed by atoms with Crippen molar-refractivity contribution in [3.8, 4) is 5.75 Å². The number of hydrogen-bond donors (Lipinski definition) is 1. The van der Waals surface area contributed by atoms with Crippen LogP contribution in [0.5, 0.6) is 5.75 Å². The van der Waals surface area contributed by atoms with Crippen molar-refractivity contribution in [2.75, 3.05) is 13.2 Å². The normalized spacial score (nSPS) is 22.8. The lowest BCUT2D eigenvalue weighted by molar-refractivity contribution is 0.0899. The zero-order chi connectivity index (χ0) is 16.5. The molecule has 1 aromatic carbocycles. The largest absolute Gasteiger partial charge is 0.493 e. The molecule has 128 valence electrons. The molecule has 0 spiro atoms. The van der Waals surface area contributed by atoms with Gasteiger partial charge in [-0.15, -0.1) is 0 Å². The maximum absolute atomic E-state index is 6.02. The van der Waals surface area contributed by atoms with Gasteiger partial charge in [-0.05, 0) is 43.5 Å². The summed E-state index contributed by atoms with van der Waals surface area (Å²) in [6.45, 7) is 6.77. The Balaban J connectivity index is 1.45. The van der Waals surface area contributed by atoms with Crippen LogP contribution in [0.2, 0.25) is 0 Å². The van der Waals surface area contributed by atoms with E-state index in [1.165, 1.54) is 16.8 Å². The van der Waals surface area contributed by atoms with E-state index in [1.54, 1.807) is 0 Å². The van der Waals surface area contributed by atoms with Crippen LogP contribution < -0.4 is 10.1 Å². The van der Waals surface area contributed by atoms with Crippen molar-refractivity contribution in [3.63, 3.8) is 0 Å². The van der Waals surface area contributed by atoms with Gasteiger partial charge in [0, 0.05) is 37.9 Å². The second-order valence-corrected chi connectivity index (χ2v) is 6.90. The highest BCUT2D eigenvalue weighted by molar-refractivity contribution is 5.39. The van der Waals surface area contributed by atoms with Gasteiger partial charge in [0.2, 0.25) is 0 Å². The van der Waals surface area contributed by atoms with Crippen molar-refractivity contribution >= 4 is 0 Å². The van der Waals surface area contributed by atoms with E-state index in [4.69, 9.17) is 9.47 Å². The number of rotatable bonds is 5. The van der Waals surface area contributed by atoms with E-state index in [0.717, 1.165) is 38.3 Å². The first kappa shape index (κ1) is 15.7. The van der Waals surface area contributed by atoms with Crippen LogP contribution in [0.25, 0.3) is 0 Å². The summed E-state index contributed by atoms with van der Waals surface area (Å²) < 4.78 is 13.7. The fourth-order valence-corrected chi connectivity index (χ4v) is 3.67. The number of hydrogen-bond acceptors (Lipinski definition) is 4. The highest BCUT2D eigenvalue weighted by Gasteiger charge is 2.32. The van der Waals surface area contributed by atoms with Crippen LogP contribution in [0, 0.1) is 0 Å². The molecule has 4 rings (SSSR count). The molecule has 1 N–H and O–H groups in total. The summed E-state index contributed by atoms with van der Waals surface area (Å²) >= 11 is 0. The van der Waals surface area contributed by atoms with Gasteiger partial charge in [-0.1, -0.05) is 12.1 Å². The Kier molecular flexibility index (Phi) is 4.29. The number of aromatic nitrogens is 2. The summed E-state index contributed by atoms with van der Waals surface area (Å²) in [5.41, 5.74) is 3.80. The smallest absolute Gasteiger partial charge is 0.122 e. The second-order valence-electron chi connectivity index (χ2n) is 6.90.